The number of benzene rings is 1. The van der Waals surface area contributed by atoms with Crippen molar-refractivity contribution in [3.63, 3.8) is 0 Å². The minimum Gasteiger partial charge on any atom is -0.293 e. The fraction of sp³-hybridized carbons (Fsp3) is 0.435. The second kappa shape index (κ2) is 8.50. The van der Waals surface area contributed by atoms with Gasteiger partial charge in [0.2, 0.25) is 0 Å². The number of halogens is 1. The number of hydrogen-bond acceptors (Lipinski definition) is 5. The van der Waals surface area contributed by atoms with E-state index in [1.54, 1.807) is 11.3 Å². The third kappa shape index (κ3) is 4.37. The van der Waals surface area contributed by atoms with Crippen LogP contribution in [0.2, 0.25) is 5.02 Å². The van der Waals surface area contributed by atoms with Gasteiger partial charge in [-0.15, -0.1) is 11.3 Å². The highest BCUT2D eigenvalue weighted by Crippen LogP contribution is 2.32. The predicted molar refractivity (Wildman–Crippen MR) is 118 cm³/mol. The van der Waals surface area contributed by atoms with E-state index < -0.39 is 0 Å². The molecule has 1 aliphatic heterocycles. The summed E-state index contributed by atoms with van der Waals surface area (Å²) in [5.41, 5.74) is 4.79. The summed E-state index contributed by atoms with van der Waals surface area (Å²) in [5, 5.41) is 3.98. The topological polar surface area (TPSA) is 41.9 Å². The lowest BCUT2D eigenvalue weighted by Crippen LogP contribution is -2.31. The molecule has 150 valence electrons. The molecule has 0 unspecified atom stereocenters. The van der Waals surface area contributed by atoms with Crippen LogP contribution in [0.5, 0.6) is 0 Å². The number of thiazole rings is 1. The molecular formula is C23H25ClN4S. The van der Waals surface area contributed by atoms with Gasteiger partial charge < -0.3 is 0 Å². The summed E-state index contributed by atoms with van der Waals surface area (Å²) in [6, 6.07) is 7.90. The van der Waals surface area contributed by atoms with E-state index in [2.05, 4.69) is 16.5 Å². The van der Waals surface area contributed by atoms with Gasteiger partial charge in [-0.3, -0.25) is 4.90 Å². The zero-order valence-corrected chi connectivity index (χ0v) is 18.1. The fourth-order valence-corrected chi connectivity index (χ4v) is 5.36. The minimum atomic E-state index is 0.577. The molecule has 3 heterocycles. The van der Waals surface area contributed by atoms with Crippen molar-refractivity contribution in [3.05, 3.63) is 63.6 Å². The Labute approximate surface area is 181 Å². The molecule has 1 saturated carbocycles. The molecule has 0 saturated heterocycles. The summed E-state index contributed by atoms with van der Waals surface area (Å²) < 4.78 is 0. The average molecular weight is 425 g/mol. The molecule has 0 bridgehead atoms. The Morgan fingerprint density at radius 1 is 1.07 bits per heavy atom. The molecule has 4 nitrogen and oxygen atoms in total. The van der Waals surface area contributed by atoms with Crippen LogP contribution < -0.4 is 0 Å². The SMILES string of the molecule is Clc1ccc(-c2nc(CN3CCc4nc(C5CCCCC5)ncc4C3)cs2)cc1. The van der Waals surface area contributed by atoms with Gasteiger partial charge in [0.1, 0.15) is 10.8 Å². The molecule has 1 fully saturated rings. The summed E-state index contributed by atoms with van der Waals surface area (Å²) >= 11 is 7.69. The van der Waals surface area contributed by atoms with Gasteiger partial charge >= 0.3 is 0 Å². The third-order valence-corrected chi connectivity index (χ3v) is 7.22. The maximum atomic E-state index is 5.99. The lowest BCUT2D eigenvalue weighted by atomic mass is 9.88. The second-order valence-corrected chi connectivity index (χ2v) is 9.44. The van der Waals surface area contributed by atoms with Gasteiger partial charge in [0.25, 0.3) is 0 Å². The number of aromatic nitrogens is 3. The Bertz CT molecular complexity index is 979. The summed E-state index contributed by atoms with van der Waals surface area (Å²) in [4.78, 5) is 17.0. The first-order valence-corrected chi connectivity index (χ1v) is 11.8. The number of fused-ring (bicyclic) bond motifs is 1. The van der Waals surface area contributed by atoms with Gasteiger partial charge in [0.05, 0.1) is 5.69 Å². The van der Waals surface area contributed by atoms with E-state index in [0.29, 0.717) is 5.92 Å². The maximum Gasteiger partial charge on any atom is 0.131 e. The van der Waals surface area contributed by atoms with Crippen LogP contribution >= 0.6 is 22.9 Å². The van der Waals surface area contributed by atoms with Crippen LogP contribution in [0.4, 0.5) is 0 Å². The number of rotatable bonds is 4. The molecule has 1 aromatic carbocycles. The van der Waals surface area contributed by atoms with Crippen LogP contribution in [-0.2, 0) is 19.5 Å². The van der Waals surface area contributed by atoms with E-state index in [1.165, 1.54) is 43.4 Å². The first-order chi connectivity index (χ1) is 14.2. The normalized spacial score (nSPS) is 18.0. The van der Waals surface area contributed by atoms with E-state index in [9.17, 15) is 0 Å². The third-order valence-electron chi connectivity index (χ3n) is 6.03. The summed E-state index contributed by atoms with van der Waals surface area (Å²) in [6.45, 7) is 2.81. The Balaban J connectivity index is 1.25. The molecular weight excluding hydrogens is 400 g/mol. The highest BCUT2D eigenvalue weighted by atomic mass is 35.5. The largest absolute Gasteiger partial charge is 0.293 e. The quantitative estimate of drug-likeness (QED) is 0.526. The molecule has 0 amide bonds. The zero-order valence-electron chi connectivity index (χ0n) is 16.5. The van der Waals surface area contributed by atoms with Crippen molar-refractivity contribution in [1.82, 2.24) is 19.9 Å². The predicted octanol–water partition coefficient (Wildman–Crippen LogP) is 5.86. The first-order valence-electron chi connectivity index (χ1n) is 10.5. The Morgan fingerprint density at radius 2 is 1.90 bits per heavy atom. The molecule has 0 N–H and O–H groups in total. The number of hydrogen-bond donors (Lipinski definition) is 0. The number of nitrogens with zero attached hydrogens (tertiary/aromatic N) is 4. The standard InChI is InChI=1S/C23H25ClN4S/c24-19-8-6-17(7-9-19)23-26-20(15-29-23)14-28-11-10-21-18(13-28)12-25-22(27-21)16-4-2-1-3-5-16/h6-9,12,15-16H,1-5,10-11,13-14H2. The summed E-state index contributed by atoms with van der Waals surface area (Å²) in [5.74, 6) is 1.66. The van der Waals surface area contributed by atoms with Crippen molar-refractivity contribution in [3.8, 4) is 10.6 Å². The Morgan fingerprint density at radius 3 is 2.72 bits per heavy atom. The summed E-state index contributed by atoms with van der Waals surface area (Å²) in [7, 11) is 0. The van der Waals surface area contributed by atoms with E-state index in [-0.39, 0.29) is 0 Å². The molecule has 2 aliphatic rings. The lowest BCUT2D eigenvalue weighted by molar-refractivity contribution is 0.240. The monoisotopic (exact) mass is 424 g/mol. The molecule has 6 heteroatoms. The molecule has 0 atom stereocenters. The fourth-order valence-electron chi connectivity index (χ4n) is 4.42. The minimum absolute atomic E-state index is 0.577. The van der Waals surface area contributed by atoms with Crippen molar-refractivity contribution in [2.75, 3.05) is 6.54 Å². The van der Waals surface area contributed by atoms with Gasteiger partial charge in [-0.05, 0) is 25.0 Å². The smallest absolute Gasteiger partial charge is 0.131 e. The van der Waals surface area contributed by atoms with Crippen LogP contribution in [0, 0.1) is 0 Å². The Hall–Kier alpha value is -1.82. The van der Waals surface area contributed by atoms with Crippen LogP contribution in [0.25, 0.3) is 10.6 Å². The first kappa shape index (κ1) is 19.2. The van der Waals surface area contributed by atoms with Gasteiger partial charge in [-0.1, -0.05) is 43.0 Å². The van der Waals surface area contributed by atoms with Crippen LogP contribution in [0.3, 0.4) is 0 Å². The van der Waals surface area contributed by atoms with Gasteiger partial charge in [0, 0.05) is 65.4 Å². The van der Waals surface area contributed by atoms with Crippen LogP contribution in [0.1, 0.15) is 60.8 Å². The van der Waals surface area contributed by atoms with Crippen molar-refractivity contribution < 1.29 is 0 Å². The summed E-state index contributed by atoms with van der Waals surface area (Å²) in [6.07, 6.45) is 9.61. The molecule has 0 radical (unpaired) electrons. The van der Waals surface area contributed by atoms with Gasteiger partial charge in [-0.25, -0.2) is 15.0 Å². The lowest BCUT2D eigenvalue weighted by Gasteiger charge is -2.28. The van der Waals surface area contributed by atoms with Crippen LogP contribution in [-0.4, -0.2) is 26.4 Å². The second-order valence-electron chi connectivity index (χ2n) is 8.15. The average Bonchev–Trinajstić information content (AvgIpc) is 3.23. The van der Waals surface area contributed by atoms with E-state index in [0.717, 1.165) is 53.2 Å². The van der Waals surface area contributed by atoms with E-state index in [4.69, 9.17) is 26.6 Å². The molecule has 5 rings (SSSR count). The Kier molecular flexibility index (Phi) is 5.62. The van der Waals surface area contributed by atoms with Gasteiger partial charge in [0.15, 0.2) is 0 Å². The maximum absolute atomic E-state index is 5.99. The van der Waals surface area contributed by atoms with Crippen molar-refractivity contribution in [2.45, 2.75) is 57.5 Å². The van der Waals surface area contributed by atoms with Crippen LogP contribution in [0.15, 0.2) is 35.8 Å². The zero-order chi connectivity index (χ0) is 19.6. The molecule has 3 aromatic rings. The molecule has 29 heavy (non-hydrogen) atoms. The van der Waals surface area contributed by atoms with Gasteiger partial charge in [-0.2, -0.15) is 0 Å². The molecule has 2 aromatic heterocycles. The van der Waals surface area contributed by atoms with Crippen molar-refractivity contribution in [1.29, 1.82) is 0 Å². The molecule has 1 aliphatic carbocycles. The highest BCUT2D eigenvalue weighted by Gasteiger charge is 2.23. The van der Waals surface area contributed by atoms with Crippen molar-refractivity contribution >= 4 is 22.9 Å². The highest BCUT2D eigenvalue weighted by molar-refractivity contribution is 7.13. The van der Waals surface area contributed by atoms with E-state index in [1.807, 2.05) is 24.3 Å². The van der Waals surface area contributed by atoms with Crippen molar-refractivity contribution in [2.24, 2.45) is 0 Å². The molecule has 0 spiro atoms. The van der Waals surface area contributed by atoms with E-state index >= 15 is 0 Å².